The largest absolute Gasteiger partial charge is 0.385 e. The number of nitrogens with zero attached hydrogens (tertiary/aromatic N) is 1. The highest BCUT2D eigenvalue weighted by Crippen LogP contribution is 2.16. The second-order valence-electron chi connectivity index (χ2n) is 4.41. The van der Waals surface area contributed by atoms with Crippen LogP contribution < -0.4 is 11.5 Å². The van der Waals surface area contributed by atoms with Crippen LogP contribution in [0, 0.1) is 5.92 Å². The van der Waals surface area contributed by atoms with Crippen molar-refractivity contribution in [2.75, 3.05) is 26.8 Å². The molecule has 1 heterocycles. The maximum atomic E-state index is 12.0. The van der Waals surface area contributed by atoms with E-state index >= 15 is 0 Å². The molecule has 0 spiro atoms. The lowest BCUT2D eigenvalue weighted by Crippen LogP contribution is -2.50. The monoisotopic (exact) mass is 243 g/mol. The van der Waals surface area contributed by atoms with Crippen molar-refractivity contribution in [1.82, 2.24) is 4.90 Å². The van der Waals surface area contributed by atoms with Crippen LogP contribution >= 0.6 is 0 Å². The highest BCUT2D eigenvalue weighted by molar-refractivity contribution is 5.83. The zero-order chi connectivity index (χ0) is 12.8. The number of nitrogens with two attached hydrogens (primary N) is 2. The van der Waals surface area contributed by atoms with Crippen molar-refractivity contribution in [3.8, 4) is 0 Å². The van der Waals surface area contributed by atoms with Crippen molar-refractivity contribution >= 4 is 11.8 Å². The average Bonchev–Trinajstić information content (AvgIpc) is 2.35. The Morgan fingerprint density at radius 2 is 2.24 bits per heavy atom. The third-order valence-corrected chi connectivity index (χ3v) is 3.09. The molecular formula is C11H21N3O3. The molecule has 1 rings (SSSR count). The first-order chi connectivity index (χ1) is 8.06. The summed E-state index contributed by atoms with van der Waals surface area (Å²) in [6.45, 7) is 1.51. The summed E-state index contributed by atoms with van der Waals surface area (Å²) >= 11 is 0. The van der Waals surface area contributed by atoms with E-state index in [2.05, 4.69) is 0 Å². The lowest BCUT2D eigenvalue weighted by atomic mass is 9.97. The summed E-state index contributed by atoms with van der Waals surface area (Å²) in [4.78, 5) is 24.7. The van der Waals surface area contributed by atoms with Gasteiger partial charge in [0.1, 0.15) is 0 Å². The summed E-state index contributed by atoms with van der Waals surface area (Å²) in [5, 5.41) is 0. The van der Waals surface area contributed by atoms with E-state index in [0.29, 0.717) is 26.1 Å². The Morgan fingerprint density at radius 1 is 1.53 bits per heavy atom. The molecular weight excluding hydrogens is 222 g/mol. The summed E-state index contributed by atoms with van der Waals surface area (Å²) in [5.41, 5.74) is 11.0. The molecule has 2 atom stereocenters. The number of primary amides is 1. The van der Waals surface area contributed by atoms with Gasteiger partial charge in [-0.05, 0) is 19.3 Å². The zero-order valence-electron chi connectivity index (χ0n) is 10.2. The average molecular weight is 243 g/mol. The maximum absolute atomic E-state index is 12.0. The first kappa shape index (κ1) is 13.9. The van der Waals surface area contributed by atoms with Crippen LogP contribution in [0.3, 0.4) is 0 Å². The van der Waals surface area contributed by atoms with Gasteiger partial charge in [-0.2, -0.15) is 0 Å². The molecule has 17 heavy (non-hydrogen) atoms. The zero-order valence-corrected chi connectivity index (χ0v) is 10.2. The number of rotatable bonds is 5. The van der Waals surface area contributed by atoms with Crippen molar-refractivity contribution in [1.29, 1.82) is 0 Å². The number of amides is 2. The van der Waals surface area contributed by atoms with Crippen LogP contribution in [0.2, 0.25) is 0 Å². The highest BCUT2D eigenvalue weighted by atomic mass is 16.5. The number of ether oxygens (including phenoxy) is 1. The van der Waals surface area contributed by atoms with E-state index < -0.39 is 6.04 Å². The maximum Gasteiger partial charge on any atom is 0.239 e. The molecule has 1 aliphatic rings. The lowest BCUT2D eigenvalue weighted by Gasteiger charge is -2.32. The molecule has 0 bridgehead atoms. The van der Waals surface area contributed by atoms with Crippen molar-refractivity contribution < 1.29 is 14.3 Å². The molecule has 0 radical (unpaired) electrons. The Balaban J connectivity index is 2.48. The minimum Gasteiger partial charge on any atom is -0.385 e. The van der Waals surface area contributed by atoms with Crippen LogP contribution in [-0.4, -0.2) is 49.6 Å². The van der Waals surface area contributed by atoms with E-state index in [4.69, 9.17) is 16.2 Å². The van der Waals surface area contributed by atoms with Gasteiger partial charge in [0.05, 0.1) is 12.0 Å². The molecule has 2 unspecified atom stereocenters. The Labute approximate surface area is 101 Å². The van der Waals surface area contributed by atoms with Gasteiger partial charge in [0, 0.05) is 26.8 Å². The third kappa shape index (κ3) is 3.98. The van der Waals surface area contributed by atoms with Gasteiger partial charge in [-0.3, -0.25) is 9.59 Å². The Kier molecular flexibility index (Phi) is 5.37. The minimum atomic E-state index is -0.554. The van der Waals surface area contributed by atoms with Crippen molar-refractivity contribution in [3.63, 3.8) is 0 Å². The smallest absolute Gasteiger partial charge is 0.239 e. The number of piperidine rings is 1. The molecule has 1 saturated heterocycles. The molecule has 4 N–H and O–H groups in total. The molecule has 0 aromatic heterocycles. The van der Waals surface area contributed by atoms with Crippen LogP contribution in [0.15, 0.2) is 0 Å². The van der Waals surface area contributed by atoms with Gasteiger partial charge >= 0.3 is 0 Å². The second-order valence-corrected chi connectivity index (χ2v) is 4.41. The molecule has 2 amide bonds. The van der Waals surface area contributed by atoms with Crippen molar-refractivity contribution in [3.05, 3.63) is 0 Å². The number of likely N-dealkylation sites (tertiary alicyclic amines) is 1. The molecule has 98 valence electrons. The third-order valence-electron chi connectivity index (χ3n) is 3.09. The van der Waals surface area contributed by atoms with E-state index in [1.54, 1.807) is 12.0 Å². The standard InChI is InChI=1S/C11H21N3O3/c1-17-6-4-9(12)11(16)14-5-2-3-8(7-14)10(13)15/h8-9H,2-7,12H2,1H3,(H2,13,15). The molecule has 0 aliphatic carbocycles. The Bertz CT molecular complexity index is 283. The molecule has 0 aromatic carbocycles. The van der Waals surface area contributed by atoms with E-state index in [1.165, 1.54) is 0 Å². The minimum absolute atomic E-state index is 0.118. The van der Waals surface area contributed by atoms with Gasteiger partial charge in [0.15, 0.2) is 0 Å². The molecule has 0 aromatic rings. The van der Waals surface area contributed by atoms with E-state index in [-0.39, 0.29) is 17.7 Å². The molecule has 6 nitrogen and oxygen atoms in total. The van der Waals surface area contributed by atoms with E-state index in [0.717, 1.165) is 12.8 Å². The van der Waals surface area contributed by atoms with Gasteiger partial charge in [-0.25, -0.2) is 0 Å². The quantitative estimate of drug-likeness (QED) is 0.652. The Hall–Kier alpha value is -1.14. The van der Waals surface area contributed by atoms with Crippen LogP contribution in [0.5, 0.6) is 0 Å². The topological polar surface area (TPSA) is 98.7 Å². The Morgan fingerprint density at radius 3 is 2.82 bits per heavy atom. The predicted molar refractivity (Wildman–Crippen MR) is 63.0 cm³/mol. The summed E-state index contributed by atoms with van der Waals surface area (Å²) < 4.78 is 4.88. The van der Waals surface area contributed by atoms with Crippen molar-refractivity contribution in [2.45, 2.75) is 25.3 Å². The van der Waals surface area contributed by atoms with Crippen molar-refractivity contribution in [2.24, 2.45) is 17.4 Å². The number of carbonyl (C=O) groups excluding carboxylic acids is 2. The van der Waals surface area contributed by atoms with Crippen LogP contribution in [0.4, 0.5) is 0 Å². The summed E-state index contributed by atoms with van der Waals surface area (Å²) in [5.74, 6) is -0.691. The highest BCUT2D eigenvalue weighted by Gasteiger charge is 2.29. The molecule has 6 heteroatoms. The fourth-order valence-electron chi connectivity index (χ4n) is 2.01. The SMILES string of the molecule is COCCC(N)C(=O)N1CCCC(C(N)=O)C1. The van der Waals surface area contributed by atoms with E-state index in [1.807, 2.05) is 0 Å². The fraction of sp³-hybridized carbons (Fsp3) is 0.818. The van der Waals surface area contributed by atoms with E-state index in [9.17, 15) is 9.59 Å². The second kappa shape index (κ2) is 6.56. The number of carbonyl (C=O) groups is 2. The van der Waals surface area contributed by atoms with Crippen LogP contribution in [-0.2, 0) is 14.3 Å². The lowest BCUT2D eigenvalue weighted by molar-refractivity contribution is -0.136. The van der Waals surface area contributed by atoms with Crippen LogP contribution in [0.25, 0.3) is 0 Å². The summed E-state index contributed by atoms with van der Waals surface area (Å²) in [7, 11) is 1.57. The number of methoxy groups -OCH3 is 1. The first-order valence-electron chi connectivity index (χ1n) is 5.89. The van der Waals surface area contributed by atoms with Gasteiger partial charge in [-0.15, -0.1) is 0 Å². The fourth-order valence-corrected chi connectivity index (χ4v) is 2.01. The predicted octanol–water partition coefficient (Wildman–Crippen LogP) is -0.926. The number of hydrogen-bond acceptors (Lipinski definition) is 4. The molecule has 1 aliphatic heterocycles. The van der Waals surface area contributed by atoms with Crippen LogP contribution in [0.1, 0.15) is 19.3 Å². The molecule has 1 fully saturated rings. The molecule has 0 saturated carbocycles. The number of hydrogen-bond donors (Lipinski definition) is 2. The summed E-state index contributed by atoms with van der Waals surface area (Å²) in [6.07, 6.45) is 2.05. The first-order valence-corrected chi connectivity index (χ1v) is 5.89. The normalized spacial score (nSPS) is 22.2. The van der Waals surface area contributed by atoms with Gasteiger partial charge < -0.3 is 21.1 Å². The summed E-state index contributed by atoms with van der Waals surface area (Å²) in [6, 6.07) is -0.554. The van der Waals surface area contributed by atoms with Gasteiger partial charge in [0.2, 0.25) is 11.8 Å². The van der Waals surface area contributed by atoms with Gasteiger partial charge in [0.25, 0.3) is 0 Å². The van der Waals surface area contributed by atoms with Gasteiger partial charge in [-0.1, -0.05) is 0 Å².